The Hall–Kier alpha value is -2.12. The molecule has 18 heavy (non-hydrogen) atoms. The molecule has 0 spiro atoms. The number of amides is 1. The second-order valence-corrected chi connectivity index (χ2v) is 3.92. The van der Waals surface area contributed by atoms with Crippen molar-refractivity contribution >= 4 is 17.4 Å². The summed E-state index contributed by atoms with van der Waals surface area (Å²) in [6.45, 7) is 4.01. The normalized spacial score (nSPS) is 10.2. The molecule has 1 aromatic heterocycles. The van der Waals surface area contributed by atoms with Crippen molar-refractivity contribution < 1.29 is 9.72 Å². The van der Waals surface area contributed by atoms with Crippen LogP contribution in [-0.2, 0) is 11.8 Å². The molecule has 0 atom stereocenters. The van der Waals surface area contributed by atoms with Gasteiger partial charge in [0, 0.05) is 20.6 Å². The number of likely N-dealkylation sites (N-methyl/N-ethyl adjacent to an activating group) is 1. The van der Waals surface area contributed by atoms with Gasteiger partial charge in [0.05, 0.1) is 11.5 Å². The highest BCUT2D eigenvalue weighted by Crippen LogP contribution is 2.26. The lowest BCUT2D eigenvalue weighted by molar-refractivity contribution is -0.384. The second kappa shape index (κ2) is 5.48. The van der Waals surface area contributed by atoms with E-state index in [2.05, 4.69) is 10.4 Å². The van der Waals surface area contributed by atoms with Crippen LogP contribution in [0.2, 0.25) is 0 Å². The minimum absolute atomic E-state index is 0.00412. The number of aromatic nitrogens is 2. The summed E-state index contributed by atoms with van der Waals surface area (Å²) in [5.74, 6) is 0.112. The first kappa shape index (κ1) is 13.9. The second-order valence-electron chi connectivity index (χ2n) is 3.92. The van der Waals surface area contributed by atoms with Crippen LogP contribution < -0.4 is 5.32 Å². The van der Waals surface area contributed by atoms with Crippen molar-refractivity contribution in [3.8, 4) is 0 Å². The number of hydrogen-bond acceptors (Lipinski definition) is 5. The highest BCUT2D eigenvalue weighted by atomic mass is 16.6. The molecule has 0 unspecified atom stereocenters. The van der Waals surface area contributed by atoms with E-state index in [1.807, 2.05) is 6.92 Å². The van der Waals surface area contributed by atoms with Crippen LogP contribution in [-0.4, -0.2) is 45.6 Å². The summed E-state index contributed by atoms with van der Waals surface area (Å²) in [4.78, 5) is 23.5. The van der Waals surface area contributed by atoms with Gasteiger partial charge in [-0.3, -0.25) is 14.9 Å². The summed E-state index contributed by atoms with van der Waals surface area (Å²) in [6, 6.07) is 0. The third-order valence-electron chi connectivity index (χ3n) is 2.68. The molecule has 1 rings (SSSR count). The van der Waals surface area contributed by atoms with Crippen LogP contribution in [0.3, 0.4) is 0 Å². The van der Waals surface area contributed by atoms with Crippen molar-refractivity contribution in [1.82, 2.24) is 14.7 Å². The number of rotatable bonds is 5. The zero-order chi connectivity index (χ0) is 13.9. The van der Waals surface area contributed by atoms with Gasteiger partial charge in [-0.25, -0.2) is 4.68 Å². The monoisotopic (exact) mass is 255 g/mol. The fourth-order valence-corrected chi connectivity index (χ4v) is 1.53. The average molecular weight is 255 g/mol. The van der Waals surface area contributed by atoms with Crippen molar-refractivity contribution in [3.05, 3.63) is 15.8 Å². The maximum atomic E-state index is 11.6. The van der Waals surface area contributed by atoms with Crippen LogP contribution in [0.4, 0.5) is 11.5 Å². The molecule has 0 saturated heterocycles. The quantitative estimate of drug-likeness (QED) is 0.611. The number of carbonyl (C=O) groups excluding carboxylic acids is 1. The lowest BCUT2D eigenvalue weighted by Gasteiger charge is -2.14. The Morgan fingerprint density at radius 3 is 2.72 bits per heavy atom. The van der Waals surface area contributed by atoms with Crippen molar-refractivity contribution in [1.29, 1.82) is 0 Å². The van der Waals surface area contributed by atoms with Gasteiger partial charge in [0.1, 0.15) is 5.69 Å². The van der Waals surface area contributed by atoms with Crippen LogP contribution in [0.15, 0.2) is 0 Å². The van der Waals surface area contributed by atoms with Crippen molar-refractivity contribution in [2.24, 2.45) is 7.05 Å². The standard InChI is InChI=1S/C10H17N5O3/c1-5-13(3)8(16)6-11-10-9(15(17)18)7(2)12-14(10)4/h11H,5-6H2,1-4H3. The molecular weight excluding hydrogens is 238 g/mol. The Bertz CT molecular complexity index is 468. The number of hydrogen-bond donors (Lipinski definition) is 1. The van der Waals surface area contributed by atoms with Gasteiger partial charge in [-0.05, 0) is 13.8 Å². The van der Waals surface area contributed by atoms with E-state index in [1.165, 1.54) is 9.58 Å². The SMILES string of the molecule is CCN(C)C(=O)CNc1c([N+](=O)[O-])c(C)nn1C. The molecule has 0 aliphatic heterocycles. The van der Waals surface area contributed by atoms with Crippen LogP contribution in [0, 0.1) is 17.0 Å². The summed E-state index contributed by atoms with van der Waals surface area (Å²) < 4.78 is 1.37. The van der Waals surface area contributed by atoms with Crippen molar-refractivity contribution in [2.45, 2.75) is 13.8 Å². The summed E-state index contributed by atoms with van der Waals surface area (Å²) >= 11 is 0. The molecule has 0 radical (unpaired) electrons. The molecule has 0 aliphatic carbocycles. The Kier molecular flexibility index (Phi) is 4.24. The predicted molar refractivity (Wildman–Crippen MR) is 66.4 cm³/mol. The fraction of sp³-hybridized carbons (Fsp3) is 0.600. The van der Waals surface area contributed by atoms with Gasteiger partial charge < -0.3 is 10.2 Å². The van der Waals surface area contributed by atoms with E-state index in [0.717, 1.165) is 0 Å². The largest absolute Gasteiger partial charge is 0.355 e. The van der Waals surface area contributed by atoms with Crippen molar-refractivity contribution in [3.63, 3.8) is 0 Å². The summed E-state index contributed by atoms with van der Waals surface area (Å²) in [5, 5.41) is 17.6. The highest BCUT2D eigenvalue weighted by Gasteiger charge is 2.24. The average Bonchev–Trinajstić information content (AvgIpc) is 2.59. The number of nitrogens with zero attached hydrogens (tertiary/aromatic N) is 4. The molecule has 8 nitrogen and oxygen atoms in total. The Labute approximate surface area is 105 Å². The number of nitro groups is 1. The smallest absolute Gasteiger partial charge is 0.333 e. The molecule has 0 fully saturated rings. The molecule has 100 valence electrons. The molecule has 8 heteroatoms. The molecule has 1 aromatic rings. The van der Waals surface area contributed by atoms with E-state index in [-0.39, 0.29) is 24.0 Å². The zero-order valence-electron chi connectivity index (χ0n) is 10.9. The topological polar surface area (TPSA) is 93.3 Å². The number of carbonyl (C=O) groups is 1. The predicted octanol–water partition coefficient (Wildman–Crippen LogP) is 0.527. The number of nitrogens with one attached hydrogen (secondary N) is 1. The minimum Gasteiger partial charge on any atom is -0.355 e. The van der Waals surface area contributed by atoms with Crippen LogP contribution in [0.1, 0.15) is 12.6 Å². The van der Waals surface area contributed by atoms with E-state index >= 15 is 0 Å². The third-order valence-corrected chi connectivity index (χ3v) is 2.68. The highest BCUT2D eigenvalue weighted by molar-refractivity contribution is 5.81. The number of aryl methyl sites for hydroxylation is 2. The van der Waals surface area contributed by atoms with E-state index in [4.69, 9.17) is 0 Å². The van der Waals surface area contributed by atoms with Gasteiger partial charge in [-0.1, -0.05) is 0 Å². The molecular formula is C10H17N5O3. The van der Waals surface area contributed by atoms with Crippen LogP contribution in [0.25, 0.3) is 0 Å². The molecule has 1 N–H and O–H groups in total. The van der Waals surface area contributed by atoms with Crippen LogP contribution in [0.5, 0.6) is 0 Å². The third kappa shape index (κ3) is 2.76. The van der Waals surface area contributed by atoms with Crippen LogP contribution >= 0.6 is 0 Å². The molecule has 0 saturated carbocycles. The van der Waals surface area contributed by atoms with Gasteiger partial charge in [-0.2, -0.15) is 5.10 Å². The maximum absolute atomic E-state index is 11.6. The lowest BCUT2D eigenvalue weighted by atomic mass is 10.4. The zero-order valence-corrected chi connectivity index (χ0v) is 10.9. The van der Waals surface area contributed by atoms with Gasteiger partial charge in [0.25, 0.3) is 0 Å². The van der Waals surface area contributed by atoms with E-state index in [1.54, 1.807) is 21.0 Å². The summed E-state index contributed by atoms with van der Waals surface area (Å²) in [6.07, 6.45) is 0. The first-order valence-corrected chi connectivity index (χ1v) is 5.54. The lowest BCUT2D eigenvalue weighted by Crippen LogP contribution is -2.32. The molecule has 0 aromatic carbocycles. The molecule has 1 amide bonds. The molecule has 0 aliphatic rings. The van der Waals surface area contributed by atoms with E-state index in [9.17, 15) is 14.9 Å². The Morgan fingerprint density at radius 1 is 1.61 bits per heavy atom. The first-order chi connectivity index (χ1) is 8.38. The Morgan fingerprint density at radius 2 is 2.22 bits per heavy atom. The maximum Gasteiger partial charge on any atom is 0.333 e. The minimum atomic E-state index is -0.501. The summed E-state index contributed by atoms with van der Waals surface area (Å²) in [5.41, 5.74) is 0.228. The van der Waals surface area contributed by atoms with Crippen molar-refractivity contribution in [2.75, 3.05) is 25.5 Å². The van der Waals surface area contributed by atoms with Gasteiger partial charge >= 0.3 is 5.69 Å². The van der Waals surface area contributed by atoms with Gasteiger partial charge in [-0.15, -0.1) is 0 Å². The summed E-state index contributed by atoms with van der Waals surface area (Å²) in [7, 11) is 3.27. The number of anilines is 1. The van der Waals surface area contributed by atoms with E-state index < -0.39 is 4.92 Å². The van der Waals surface area contributed by atoms with Gasteiger partial charge in [0.15, 0.2) is 0 Å². The fourth-order valence-electron chi connectivity index (χ4n) is 1.53. The van der Waals surface area contributed by atoms with E-state index in [0.29, 0.717) is 12.2 Å². The van der Waals surface area contributed by atoms with Gasteiger partial charge in [0.2, 0.25) is 11.7 Å². The molecule has 1 heterocycles. The Balaban J connectivity index is 2.85. The first-order valence-electron chi connectivity index (χ1n) is 5.54. The molecule has 0 bridgehead atoms.